The Kier molecular flexibility index (Phi) is 3.21. The lowest BCUT2D eigenvalue weighted by Gasteiger charge is -2.33. The molecule has 1 heterocycles. The molecular formula is C10H15N3O4. The molecular weight excluding hydrogens is 226 g/mol. The molecule has 0 aliphatic carbocycles. The summed E-state index contributed by atoms with van der Waals surface area (Å²) in [6.07, 6.45) is 0. The van der Waals surface area contributed by atoms with E-state index in [-0.39, 0.29) is 6.54 Å². The summed E-state index contributed by atoms with van der Waals surface area (Å²) >= 11 is 0. The van der Waals surface area contributed by atoms with Gasteiger partial charge < -0.3 is 5.73 Å². The van der Waals surface area contributed by atoms with Gasteiger partial charge in [0.2, 0.25) is 17.7 Å². The molecule has 0 aromatic carbocycles. The van der Waals surface area contributed by atoms with Gasteiger partial charge >= 0.3 is 6.03 Å². The number of amides is 5. The van der Waals surface area contributed by atoms with E-state index in [1.165, 1.54) is 20.8 Å². The number of nitrogens with two attached hydrogens (primary N) is 1. The fourth-order valence-corrected chi connectivity index (χ4v) is 1.35. The first-order valence-corrected chi connectivity index (χ1v) is 5.13. The molecule has 1 unspecified atom stereocenters. The van der Waals surface area contributed by atoms with E-state index >= 15 is 0 Å². The molecule has 0 bridgehead atoms. The number of carbonyl (C=O) groups excluding carboxylic acids is 4. The average molecular weight is 241 g/mol. The van der Waals surface area contributed by atoms with Crippen LogP contribution in [0.1, 0.15) is 20.8 Å². The minimum absolute atomic E-state index is 0.148. The SMILES string of the molecule is CC1C(=O)NC(=O)N(CC(C)(C)C(N)=O)C1=O. The van der Waals surface area contributed by atoms with Crippen LogP contribution in [0.15, 0.2) is 0 Å². The minimum Gasteiger partial charge on any atom is -0.369 e. The molecule has 0 aromatic heterocycles. The third-order valence-electron chi connectivity index (χ3n) is 2.73. The van der Waals surface area contributed by atoms with Crippen LogP contribution < -0.4 is 11.1 Å². The van der Waals surface area contributed by atoms with Gasteiger partial charge in [0.25, 0.3) is 0 Å². The summed E-state index contributed by atoms with van der Waals surface area (Å²) in [6, 6.07) is -0.813. The summed E-state index contributed by atoms with van der Waals surface area (Å²) in [5, 5.41) is 2.05. The van der Waals surface area contributed by atoms with Gasteiger partial charge in [0, 0.05) is 6.54 Å². The number of hydrogen-bond donors (Lipinski definition) is 2. The molecule has 7 heteroatoms. The smallest absolute Gasteiger partial charge is 0.330 e. The fraction of sp³-hybridized carbons (Fsp3) is 0.600. The van der Waals surface area contributed by atoms with Gasteiger partial charge in [-0.1, -0.05) is 0 Å². The second-order valence-corrected chi connectivity index (χ2v) is 4.69. The molecule has 94 valence electrons. The molecule has 0 spiro atoms. The van der Waals surface area contributed by atoms with E-state index < -0.39 is 35.1 Å². The number of nitrogens with one attached hydrogen (secondary N) is 1. The quantitative estimate of drug-likeness (QED) is 0.631. The highest BCUT2D eigenvalue weighted by atomic mass is 16.2. The molecule has 1 saturated heterocycles. The number of barbiturate groups is 1. The lowest BCUT2D eigenvalue weighted by atomic mass is 9.91. The summed E-state index contributed by atoms with van der Waals surface area (Å²) in [5.74, 6) is -2.81. The molecule has 7 nitrogen and oxygen atoms in total. The highest BCUT2D eigenvalue weighted by Crippen LogP contribution is 2.19. The Morgan fingerprint density at radius 2 is 1.94 bits per heavy atom. The Labute approximate surface area is 98.3 Å². The monoisotopic (exact) mass is 241 g/mol. The topological polar surface area (TPSA) is 110 Å². The zero-order valence-corrected chi connectivity index (χ0v) is 9.94. The van der Waals surface area contributed by atoms with Crippen LogP contribution >= 0.6 is 0 Å². The van der Waals surface area contributed by atoms with Crippen molar-refractivity contribution in [1.82, 2.24) is 10.2 Å². The van der Waals surface area contributed by atoms with Crippen LogP contribution in [-0.4, -0.2) is 35.2 Å². The average Bonchev–Trinajstić information content (AvgIpc) is 2.21. The number of primary amides is 1. The first kappa shape index (κ1) is 13.1. The maximum absolute atomic E-state index is 11.7. The van der Waals surface area contributed by atoms with E-state index in [2.05, 4.69) is 0 Å². The predicted octanol–water partition coefficient (Wildman–Crippen LogP) is -0.788. The van der Waals surface area contributed by atoms with E-state index in [4.69, 9.17) is 5.73 Å². The van der Waals surface area contributed by atoms with Crippen LogP contribution in [0.2, 0.25) is 0 Å². The number of nitrogens with zero attached hydrogens (tertiary/aromatic N) is 1. The summed E-state index contributed by atoms with van der Waals surface area (Å²) in [7, 11) is 0. The van der Waals surface area contributed by atoms with Gasteiger partial charge in [0.1, 0.15) is 5.92 Å². The van der Waals surface area contributed by atoms with Crippen LogP contribution in [0.4, 0.5) is 4.79 Å². The highest BCUT2D eigenvalue weighted by Gasteiger charge is 2.41. The highest BCUT2D eigenvalue weighted by molar-refractivity contribution is 6.16. The lowest BCUT2D eigenvalue weighted by Crippen LogP contribution is -2.60. The number of hydrogen-bond acceptors (Lipinski definition) is 4. The van der Waals surface area contributed by atoms with Gasteiger partial charge in [-0.2, -0.15) is 0 Å². The molecule has 0 saturated carbocycles. The summed E-state index contributed by atoms with van der Waals surface area (Å²) in [5.41, 5.74) is 4.13. The maximum Gasteiger partial charge on any atom is 0.330 e. The van der Waals surface area contributed by atoms with Gasteiger partial charge in [-0.15, -0.1) is 0 Å². The second-order valence-electron chi connectivity index (χ2n) is 4.69. The standard InChI is InChI=1S/C10H15N3O4/c1-5-6(14)12-9(17)13(7(5)15)4-10(2,3)8(11)16/h5H,4H2,1-3H3,(H2,11,16)(H,12,14,17). The fourth-order valence-electron chi connectivity index (χ4n) is 1.35. The van der Waals surface area contributed by atoms with Gasteiger partial charge in [0.05, 0.1) is 5.41 Å². The van der Waals surface area contributed by atoms with Crippen LogP contribution in [-0.2, 0) is 14.4 Å². The van der Waals surface area contributed by atoms with E-state index in [1.807, 2.05) is 5.32 Å². The Hall–Kier alpha value is -1.92. The predicted molar refractivity (Wildman–Crippen MR) is 57.4 cm³/mol. The van der Waals surface area contributed by atoms with Crippen molar-refractivity contribution in [2.24, 2.45) is 17.1 Å². The van der Waals surface area contributed by atoms with Crippen molar-refractivity contribution >= 4 is 23.8 Å². The number of rotatable bonds is 3. The molecule has 17 heavy (non-hydrogen) atoms. The molecule has 1 fully saturated rings. The van der Waals surface area contributed by atoms with Crippen molar-refractivity contribution in [1.29, 1.82) is 0 Å². The van der Waals surface area contributed by atoms with Crippen molar-refractivity contribution in [3.63, 3.8) is 0 Å². The third kappa shape index (κ3) is 2.43. The van der Waals surface area contributed by atoms with Crippen LogP contribution in [0, 0.1) is 11.3 Å². The van der Waals surface area contributed by atoms with Gasteiger partial charge in [-0.05, 0) is 20.8 Å². The maximum atomic E-state index is 11.7. The van der Waals surface area contributed by atoms with E-state index in [9.17, 15) is 19.2 Å². The number of imide groups is 2. The van der Waals surface area contributed by atoms with E-state index in [1.54, 1.807) is 0 Å². The van der Waals surface area contributed by atoms with E-state index in [0.717, 1.165) is 4.90 Å². The second kappa shape index (κ2) is 4.15. The van der Waals surface area contributed by atoms with Crippen LogP contribution in [0.3, 0.4) is 0 Å². The lowest BCUT2D eigenvalue weighted by molar-refractivity contribution is -0.143. The van der Waals surface area contributed by atoms with Crippen molar-refractivity contribution in [3.8, 4) is 0 Å². The molecule has 1 aliphatic rings. The van der Waals surface area contributed by atoms with Crippen molar-refractivity contribution in [3.05, 3.63) is 0 Å². The first-order valence-electron chi connectivity index (χ1n) is 5.13. The van der Waals surface area contributed by atoms with Crippen LogP contribution in [0.25, 0.3) is 0 Å². The summed E-state index contributed by atoms with van der Waals surface area (Å²) in [6.45, 7) is 4.30. The van der Waals surface area contributed by atoms with Crippen LogP contribution in [0.5, 0.6) is 0 Å². The largest absolute Gasteiger partial charge is 0.369 e. The Balaban J connectivity index is 2.91. The van der Waals surface area contributed by atoms with Gasteiger partial charge in [0.15, 0.2) is 0 Å². The Morgan fingerprint density at radius 1 is 1.41 bits per heavy atom. The molecule has 3 N–H and O–H groups in total. The number of carbonyl (C=O) groups is 4. The molecule has 0 radical (unpaired) electrons. The molecule has 1 atom stereocenters. The normalized spacial score (nSPS) is 21.5. The first-order chi connectivity index (χ1) is 7.66. The molecule has 1 aliphatic heterocycles. The minimum atomic E-state index is -1.03. The Bertz CT molecular complexity index is 402. The van der Waals surface area contributed by atoms with Crippen molar-refractivity contribution < 1.29 is 19.2 Å². The van der Waals surface area contributed by atoms with Crippen molar-refractivity contribution in [2.75, 3.05) is 6.54 Å². The Morgan fingerprint density at radius 3 is 2.41 bits per heavy atom. The van der Waals surface area contributed by atoms with Gasteiger partial charge in [-0.25, -0.2) is 4.79 Å². The molecule has 1 rings (SSSR count). The summed E-state index contributed by atoms with van der Waals surface area (Å²) in [4.78, 5) is 46.4. The zero-order chi connectivity index (χ0) is 13.4. The van der Waals surface area contributed by atoms with Crippen molar-refractivity contribution in [2.45, 2.75) is 20.8 Å². The number of urea groups is 1. The molecule has 5 amide bonds. The molecule has 0 aromatic rings. The van der Waals surface area contributed by atoms with E-state index in [0.29, 0.717) is 0 Å². The zero-order valence-electron chi connectivity index (χ0n) is 9.94. The van der Waals surface area contributed by atoms with Gasteiger partial charge in [-0.3, -0.25) is 24.6 Å². The summed E-state index contributed by atoms with van der Waals surface area (Å²) < 4.78 is 0. The third-order valence-corrected chi connectivity index (χ3v) is 2.73.